The van der Waals surface area contributed by atoms with Gasteiger partial charge in [-0.1, -0.05) is 6.07 Å². The molecule has 1 amide bonds. The first-order chi connectivity index (χ1) is 11.2. The van der Waals surface area contributed by atoms with Crippen LogP contribution in [0.4, 0.5) is 0 Å². The molecule has 4 aliphatic rings. The summed E-state index contributed by atoms with van der Waals surface area (Å²) in [5, 5.41) is 9.44. The molecule has 124 valence electrons. The van der Waals surface area contributed by atoms with E-state index in [2.05, 4.69) is 4.98 Å². The summed E-state index contributed by atoms with van der Waals surface area (Å²) in [5.74, 6) is 2.58. The molecule has 4 aliphatic carbocycles. The van der Waals surface area contributed by atoms with E-state index in [0.717, 1.165) is 42.6 Å². The third-order valence-electron chi connectivity index (χ3n) is 6.25. The summed E-state index contributed by atoms with van der Waals surface area (Å²) in [6.45, 7) is 1.02. The van der Waals surface area contributed by atoms with E-state index in [-0.39, 0.29) is 17.9 Å². The SMILES string of the molecule is O=C(N(CCO)Cc1cccnc1)C12CC3CC(CC(C3)C1)C2. The largest absolute Gasteiger partial charge is 0.395 e. The van der Waals surface area contributed by atoms with Crippen LogP contribution in [-0.4, -0.2) is 34.0 Å². The average molecular weight is 314 g/mol. The van der Waals surface area contributed by atoms with E-state index in [0.29, 0.717) is 13.1 Å². The fourth-order valence-corrected chi connectivity index (χ4v) is 5.79. The Bertz CT molecular complexity index is 537. The molecule has 5 rings (SSSR count). The first-order valence-corrected chi connectivity index (χ1v) is 8.98. The maximum Gasteiger partial charge on any atom is 0.229 e. The number of aliphatic hydroxyl groups excluding tert-OH is 1. The fourth-order valence-electron chi connectivity index (χ4n) is 5.79. The van der Waals surface area contributed by atoms with Crippen molar-refractivity contribution >= 4 is 5.91 Å². The monoisotopic (exact) mass is 314 g/mol. The van der Waals surface area contributed by atoms with Gasteiger partial charge in [-0.25, -0.2) is 0 Å². The predicted octanol–water partition coefficient (Wildman–Crippen LogP) is 2.62. The number of amides is 1. The molecule has 1 aromatic rings. The van der Waals surface area contributed by atoms with Gasteiger partial charge in [-0.15, -0.1) is 0 Å². The lowest BCUT2D eigenvalue weighted by Gasteiger charge is -2.56. The second kappa shape index (κ2) is 5.90. The van der Waals surface area contributed by atoms with Crippen LogP contribution < -0.4 is 0 Å². The van der Waals surface area contributed by atoms with Gasteiger partial charge in [-0.3, -0.25) is 9.78 Å². The lowest BCUT2D eigenvalue weighted by molar-refractivity contribution is -0.158. The molecule has 4 saturated carbocycles. The molecule has 1 N–H and O–H groups in total. The number of aliphatic hydroxyl groups is 1. The lowest BCUT2D eigenvalue weighted by Crippen LogP contribution is -2.54. The van der Waals surface area contributed by atoms with Gasteiger partial charge in [-0.2, -0.15) is 0 Å². The molecule has 4 heteroatoms. The third kappa shape index (κ3) is 2.78. The van der Waals surface area contributed by atoms with Crippen LogP contribution in [0.15, 0.2) is 24.5 Å². The number of rotatable bonds is 5. The van der Waals surface area contributed by atoms with Crippen molar-refractivity contribution in [2.75, 3.05) is 13.2 Å². The zero-order valence-electron chi connectivity index (χ0n) is 13.7. The summed E-state index contributed by atoms with van der Waals surface area (Å²) in [5.41, 5.74) is 0.908. The molecule has 0 spiro atoms. The molecule has 1 heterocycles. The van der Waals surface area contributed by atoms with Crippen LogP contribution in [0.3, 0.4) is 0 Å². The second-order valence-electron chi connectivity index (χ2n) is 8.01. The highest BCUT2D eigenvalue weighted by atomic mass is 16.3. The Hall–Kier alpha value is -1.42. The average Bonchev–Trinajstić information content (AvgIpc) is 2.53. The van der Waals surface area contributed by atoms with Crippen molar-refractivity contribution in [1.29, 1.82) is 0 Å². The molecular formula is C19H26N2O2. The Morgan fingerprint density at radius 1 is 1.22 bits per heavy atom. The second-order valence-corrected chi connectivity index (χ2v) is 8.01. The highest BCUT2D eigenvalue weighted by molar-refractivity contribution is 5.83. The van der Waals surface area contributed by atoms with E-state index in [1.54, 1.807) is 6.20 Å². The summed E-state index contributed by atoms with van der Waals surface area (Å²) in [7, 11) is 0. The number of hydrogen-bond donors (Lipinski definition) is 1. The number of pyridine rings is 1. The maximum absolute atomic E-state index is 13.4. The van der Waals surface area contributed by atoms with Gasteiger partial charge in [0.1, 0.15) is 0 Å². The molecule has 0 aromatic carbocycles. The molecule has 1 aromatic heterocycles. The minimum atomic E-state index is -0.133. The Morgan fingerprint density at radius 3 is 2.39 bits per heavy atom. The van der Waals surface area contributed by atoms with E-state index < -0.39 is 0 Å². The van der Waals surface area contributed by atoms with Crippen LogP contribution in [0, 0.1) is 23.2 Å². The van der Waals surface area contributed by atoms with Crippen LogP contribution in [0.1, 0.15) is 44.1 Å². The van der Waals surface area contributed by atoms with E-state index in [1.165, 1.54) is 19.3 Å². The topological polar surface area (TPSA) is 53.4 Å². The predicted molar refractivity (Wildman–Crippen MR) is 87.3 cm³/mol. The molecule has 0 radical (unpaired) electrons. The summed E-state index contributed by atoms with van der Waals surface area (Å²) in [6.07, 6.45) is 10.8. The van der Waals surface area contributed by atoms with Gasteiger partial charge in [0.05, 0.1) is 12.0 Å². The molecule has 0 aliphatic heterocycles. The van der Waals surface area contributed by atoms with Crippen molar-refractivity contribution in [3.63, 3.8) is 0 Å². The first-order valence-electron chi connectivity index (χ1n) is 8.98. The van der Waals surface area contributed by atoms with Gasteiger partial charge in [0.15, 0.2) is 0 Å². The first kappa shape index (κ1) is 15.1. The molecule has 23 heavy (non-hydrogen) atoms. The molecule has 4 fully saturated rings. The third-order valence-corrected chi connectivity index (χ3v) is 6.25. The molecule has 4 bridgehead atoms. The van der Waals surface area contributed by atoms with Crippen LogP contribution in [0.2, 0.25) is 0 Å². The van der Waals surface area contributed by atoms with E-state index in [1.807, 2.05) is 23.2 Å². The summed E-state index contributed by atoms with van der Waals surface area (Å²) < 4.78 is 0. The molecular weight excluding hydrogens is 288 g/mol. The molecule has 0 atom stereocenters. The standard InChI is InChI=1S/C19H26N2O2/c22-5-4-21(13-14-2-1-3-20-12-14)18(23)19-9-15-6-16(10-19)8-17(7-15)11-19/h1-3,12,15-17,22H,4-11,13H2. The minimum absolute atomic E-state index is 0.0262. The van der Waals surface area contributed by atoms with Crippen LogP contribution >= 0.6 is 0 Å². The van der Waals surface area contributed by atoms with Crippen molar-refractivity contribution in [3.8, 4) is 0 Å². The number of hydrogen-bond acceptors (Lipinski definition) is 3. The quantitative estimate of drug-likeness (QED) is 0.909. The fraction of sp³-hybridized carbons (Fsp3) is 0.684. The van der Waals surface area contributed by atoms with Crippen LogP contribution in [-0.2, 0) is 11.3 Å². The zero-order valence-corrected chi connectivity index (χ0v) is 13.7. The highest BCUT2D eigenvalue weighted by Crippen LogP contribution is 2.60. The van der Waals surface area contributed by atoms with Gasteiger partial charge in [-0.05, 0) is 67.9 Å². The Morgan fingerprint density at radius 2 is 1.87 bits per heavy atom. The number of nitrogens with zero attached hydrogens (tertiary/aromatic N) is 2. The van der Waals surface area contributed by atoms with Crippen molar-refractivity contribution in [2.24, 2.45) is 23.2 Å². The van der Waals surface area contributed by atoms with Gasteiger partial charge < -0.3 is 10.0 Å². The van der Waals surface area contributed by atoms with Gasteiger partial charge in [0, 0.05) is 25.5 Å². The van der Waals surface area contributed by atoms with Crippen molar-refractivity contribution in [1.82, 2.24) is 9.88 Å². The number of carbonyl (C=O) groups is 1. The van der Waals surface area contributed by atoms with Crippen molar-refractivity contribution < 1.29 is 9.90 Å². The maximum atomic E-state index is 13.4. The summed E-state index contributed by atoms with van der Waals surface area (Å²) in [4.78, 5) is 19.4. The Labute approximate surface area is 137 Å². The zero-order chi connectivity index (χ0) is 15.9. The van der Waals surface area contributed by atoms with Crippen LogP contribution in [0.5, 0.6) is 0 Å². The van der Waals surface area contributed by atoms with Gasteiger partial charge in [0.2, 0.25) is 5.91 Å². The van der Waals surface area contributed by atoms with E-state index in [9.17, 15) is 9.90 Å². The molecule has 0 unspecified atom stereocenters. The molecule has 4 nitrogen and oxygen atoms in total. The number of aromatic nitrogens is 1. The summed E-state index contributed by atoms with van der Waals surface area (Å²) >= 11 is 0. The Balaban J connectivity index is 1.55. The van der Waals surface area contributed by atoms with Gasteiger partial charge in [0.25, 0.3) is 0 Å². The molecule has 0 saturated heterocycles. The van der Waals surface area contributed by atoms with Crippen LogP contribution in [0.25, 0.3) is 0 Å². The van der Waals surface area contributed by atoms with Gasteiger partial charge >= 0.3 is 0 Å². The van der Waals surface area contributed by atoms with E-state index in [4.69, 9.17) is 0 Å². The normalized spacial score (nSPS) is 34.6. The van der Waals surface area contributed by atoms with Crippen molar-refractivity contribution in [3.05, 3.63) is 30.1 Å². The summed E-state index contributed by atoms with van der Waals surface area (Å²) in [6, 6.07) is 3.91. The van der Waals surface area contributed by atoms with Crippen molar-refractivity contribution in [2.45, 2.75) is 45.1 Å². The minimum Gasteiger partial charge on any atom is -0.395 e. The Kier molecular flexibility index (Phi) is 3.88. The number of carbonyl (C=O) groups excluding carboxylic acids is 1. The highest BCUT2D eigenvalue weighted by Gasteiger charge is 2.55. The smallest absolute Gasteiger partial charge is 0.229 e. The van der Waals surface area contributed by atoms with E-state index >= 15 is 0 Å². The lowest BCUT2D eigenvalue weighted by atomic mass is 9.49.